The molecule has 120 valence electrons. The van der Waals surface area contributed by atoms with Crippen molar-refractivity contribution in [2.24, 2.45) is 17.3 Å². The van der Waals surface area contributed by atoms with Crippen LogP contribution in [0.2, 0.25) is 0 Å². The van der Waals surface area contributed by atoms with Crippen LogP contribution in [0.1, 0.15) is 66.1 Å². The third kappa shape index (κ3) is 3.85. The fraction of sp³-hybridized carbons (Fsp3) is 0.882. The molecule has 0 bridgehead atoms. The molecule has 1 aromatic heterocycles. The van der Waals surface area contributed by atoms with E-state index in [9.17, 15) is 5.11 Å². The summed E-state index contributed by atoms with van der Waals surface area (Å²) in [5, 5.41) is 15.7. The Balaban J connectivity index is 2.21. The van der Waals surface area contributed by atoms with Crippen LogP contribution in [0.15, 0.2) is 6.33 Å². The molecule has 0 spiro atoms. The van der Waals surface area contributed by atoms with Crippen LogP contribution in [0.3, 0.4) is 0 Å². The van der Waals surface area contributed by atoms with E-state index in [1.165, 1.54) is 6.42 Å². The van der Waals surface area contributed by atoms with Crippen molar-refractivity contribution in [3.8, 4) is 0 Å². The van der Waals surface area contributed by atoms with E-state index < -0.39 is 5.60 Å². The van der Waals surface area contributed by atoms with Gasteiger partial charge in [-0.15, -0.1) is 0 Å². The second-order valence-corrected chi connectivity index (χ2v) is 8.20. The minimum Gasteiger partial charge on any atom is -0.389 e. The fourth-order valence-corrected chi connectivity index (χ4v) is 3.87. The molecule has 21 heavy (non-hydrogen) atoms. The Morgan fingerprint density at radius 1 is 1.38 bits per heavy atom. The molecule has 1 fully saturated rings. The molecule has 4 nitrogen and oxygen atoms in total. The molecule has 0 radical (unpaired) electrons. The molecule has 1 N–H and O–H groups in total. The Morgan fingerprint density at radius 2 is 2.10 bits per heavy atom. The first-order chi connectivity index (χ1) is 9.72. The lowest BCUT2D eigenvalue weighted by atomic mass is 9.62. The summed E-state index contributed by atoms with van der Waals surface area (Å²) in [5.41, 5.74) is -0.518. The van der Waals surface area contributed by atoms with Gasteiger partial charge in [0.2, 0.25) is 0 Å². The molecule has 1 heterocycles. The number of hydrogen-bond donors (Lipinski definition) is 1. The van der Waals surface area contributed by atoms with E-state index in [1.54, 1.807) is 6.33 Å². The zero-order chi connectivity index (χ0) is 15.7. The summed E-state index contributed by atoms with van der Waals surface area (Å²) in [6, 6.07) is 0. The van der Waals surface area contributed by atoms with Gasteiger partial charge in [-0.1, -0.05) is 47.5 Å². The van der Waals surface area contributed by atoms with Gasteiger partial charge in [0.05, 0.1) is 5.60 Å². The van der Waals surface area contributed by atoms with Gasteiger partial charge < -0.3 is 5.11 Å². The van der Waals surface area contributed by atoms with E-state index in [4.69, 9.17) is 0 Å². The van der Waals surface area contributed by atoms with Crippen molar-refractivity contribution >= 4 is 0 Å². The Labute approximate surface area is 129 Å². The Hall–Kier alpha value is -0.900. The van der Waals surface area contributed by atoms with Gasteiger partial charge >= 0.3 is 0 Å². The molecule has 1 saturated carbocycles. The first-order valence-corrected chi connectivity index (χ1v) is 8.31. The van der Waals surface area contributed by atoms with Crippen LogP contribution in [0, 0.1) is 17.3 Å². The molecule has 0 amide bonds. The normalized spacial score (nSPS) is 27.3. The average molecular weight is 293 g/mol. The molecule has 0 aliphatic heterocycles. The van der Waals surface area contributed by atoms with E-state index in [0.717, 1.165) is 31.6 Å². The summed E-state index contributed by atoms with van der Waals surface area (Å²) in [6.45, 7) is 12.0. The van der Waals surface area contributed by atoms with E-state index >= 15 is 0 Å². The Bertz CT molecular complexity index is 461. The third-order valence-corrected chi connectivity index (χ3v) is 4.74. The minimum absolute atomic E-state index is 0.123. The SMILES string of the molecule is CC(C)Cn1ncnc1CC1(O)CCCCC1C(C)(C)C. The molecule has 2 atom stereocenters. The second kappa shape index (κ2) is 6.07. The highest BCUT2D eigenvalue weighted by atomic mass is 16.3. The number of rotatable bonds is 4. The predicted octanol–water partition coefficient (Wildman–Crippen LogP) is 3.44. The summed E-state index contributed by atoms with van der Waals surface area (Å²) < 4.78 is 1.97. The van der Waals surface area contributed by atoms with Crippen LogP contribution in [0.25, 0.3) is 0 Å². The minimum atomic E-state index is -0.641. The summed E-state index contributed by atoms with van der Waals surface area (Å²) in [4.78, 5) is 4.42. The summed E-state index contributed by atoms with van der Waals surface area (Å²) in [5.74, 6) is 1.79. The van der Waals surface area contributed by atoms with E-state index in [2.05, 4.69) is 44.7 Å². The monoisotopic (exact) mass is 293 g/mol. The van der Waals surface area contributed by atoms with Crippen LogP contribution in [-0.4, -0.2) is 25.5 Å². The van der Waals surface area contributed by atoms with Crippen molar-refractivity contribution in [3.05, 3.63) is 12.2 Å². The van der Waals surface area contributed by atoms with Gasteiger partial charge in [-0.3, -0.25) is 0 Å². The van der Waals surface area contributed by atoms with E-state index in [0.29, 0.717) is 18.3 Å². The maximum absolute atomic E-state index is 11.3. The van der Waals surface area contributed by atoms with Crippen molar-refractivity contribution < 1.29 is 5.11 Å². The number of aliphatic hydroxyl groups is 1. The van der Waals surface area contributed by atoms with E-state index in [-0.39, 0.29) is 5.41 Å². The topological polar surface area (TPSA) is 50.9 Å². The third-order valence-electron chi connectivity index (χ3n) is 4.74. The van der Waals surface area contributed by atoms with Crippen LogP contribution in [0.5, 0.6) is 0 Å². The van der Waals surface area contributed by atoms with Gasteiger partial charge in [0.15, 0.2) is 0 Å². The van der Waals surface area contributed by atoms with E-state index in [1.807, 2.05) is 4.68 Å². The molecule has 1 aliphatic rings. The Morgan fingerprint density at radius 3 is 2.71 bits per heavy atom. The smallest absolute Gasteiger partial charge is 0.138 e. The van der Waals surface area contributed by atoms with Crippen molar-refractivity contribution in [1.82, 2.24) is 14.8 Å². The second-order valence-electron chi connectivity index (χ2n) is 8.20. The van der Waals surface area contributed by atoms with Gasteiger partial charge in [-0.2, -0.15) is 5.10 Å². The van der Waals surface area contributed by atoms with Crippen LogP contribution in [-0.2, 0) is 13.0 Å². The molecule has 1 aromatic rings. The van der Waals surface area contributed by atoms with Crippen molar-refractivity contribution in [2.45, 2.75) is 78.9 Å². The molecule has 0 saturated heterocycles. The molecule has 4 heteroatoms. The predicted molar refractivity (Wildman–Crippen MR) is 84.9 cm³/mol. The Kier molecular flexibility index (Phi) is 4.76. The van der Waals surface area contributed by atoms with Crippen molar-refractivity contribution in [2.75, 3.05) is 0 Å². The average Bonchev–Trinajstić information content (AvgIpc) is 2.74. The summed E-state index contributed by atoms with van der Waals surface area (Å²) >= 11 is 0. The van der Waals surface area contributed by atoms with Crippen molar-refractivity contribution in [3.63, 3.8) is 0 Å². The number of aromatic nitrogens is 3. The standard InChI is InChI=1S/C17H31N3O/c1-13(2)11-20-15(18-12-19-20)10-17(21)9-7-6-8-14(17)16(3,4)5/h12-14,21H,6-11H2,1-5H3. The first-order valence-electron chi connectivity index (χ1n) is 8.31. The van der Waals surface area contributed by atoms with Crippen LogP contribution >= 0.6 is 0 Å². The molecule has 2 rings (SSSR count). The highest BCUT2D eigenvalue weighted by Crippen LogP contribution is 2.45. The zero-order valence-electron chi connectivity index (χ0n) is 14.3. The number of nitrogens with zero attached hydrogens (tertiary/aromatic N) is 3. The molecule has 1 aliphatic carbocycles. The van der Waals surface area contributed by atoms with Crippen molar-refractivity contribution in [1.29, 1.82) is 0 Å². The highest BCUT2D eigenvalue weighted by molar-refractivity contribution is 5.02. The lowest BCUT2D eigenvalue weighted by Crippen LogP contribution is -2.49. The summed E-state index contributed by atoms with van der Waals surface area (Å²) in [6.07, 6.45) is 6.57. The first kappa shape index (κ1) is 16.5. The quantitative estimate of drug-likeness (QED) is 0.925. The van der Waals surface area contributed by atoms with Gasteiger partial charge in [0.1, 0.15) is 12.2 Å². The largest absolute Gasteiger partial charge is 0.389 e. The zero-order valence-corrected chi connectivity index (χ0v) is 14.3. The fourth-order valence-electron chi connectivity index (χ4n) is 3.87. The molecular formula is C17H31N3O. The van der Waals surface area contributed by atoms with Crippen LogP contribution < -0.4 is 0 Å². The molecule has 0 aromatic carbocycles. The van der Waals surface area contributed by atoms with Gasteiger partial charge in [-0.05, 0) is 30.1 Å². The summed E-state index contributed by atoms with van der Waals surface area (Å²) in [7, 11) is 0. The van der Waals surface area contributed by atoms with Gasteiger partial charge in [0.25, 0.3) is 0 Å². The molecule has 2 unspecified atom stereocenters. The van der Waals surface area contributed by atoms with Crippen LogP contribution in [0.4, 0.5) is 0 Å². The maximum Gasteiger partial charge on any atom is 0.138 e. The lowest BCUT2D eigenvalue weighted by Gasteiger charge is -2.46. The maximum atomic E-state index is 11.3. The van der Waals surface area contributed by atoms with Gasteiger partial charge in [-0.25, -0.2) is 9.67 Å². The highest BCUT2D eigenvalue weighted by Gasteiger charge is 2.45. The van der Waals surface area contributed by atoms with Gasteiger partial charge in [0, 0.05) is 13.0 Å². The molecular weight excluding hydrogens is 262 g/mol. The number of hydrogen-bond acceptors (Lipinski definition) is 3. The lowest BCUT2D eigenvalue weighted by molar-refractivity contribution is -0.0906.